The van der Waals surface area contributed by atoms with Crippen molar-refractivity contribution in [3.8, 4) is 0 Å². The monoisotopic (exact) mass is 442 g/mol. The molecule has 2 N–H and O–H groups in total. The van der Waals surface area contributed by atoms with Crippen molar-refractivity contribution < 1.29 is 18.7 Å². The molecule has 1 saturated heterocycles. The molecule has 1 aliphatic rings. The summed E-state index contributed by atoms with van der Waals surface area (Å²) in [6.45, 7) is 6.19. The highest BCUT2D eigenvalue weighted by Gasteiger charge is 2.53. The highest BCUT2D eigenvalue weighted by Crippen LogP contribution is 2.38. The van der Waals surface area contributed by atoms with E-state index in [4.69, 9.17) is 0 Å². The van der Waals surface area contributed by atoms with Crippen molar-refractivity contribution >= 4 is 23.1 Å². The summed E-state index contributed by atoms with van der Waals surface area (Å²) in [6, 6.07) is 6.92. The standard InChI is InChI=1S/C23H24F2N4O3/c1-12-9-17(14(3)26-18-8-6-5-7-16(18)22(31)32)20-27-19(13(2)21(30)28(20)10-12)29-11-23(24,25)15(29)4/h5-10,14-15,26H,11H2,1-4H3,(H,31,32)/t14-,15+/m1/s1. The number of hydrogen-bond acceptors (Lipinski definition) is 5. The molecule has 4 rings (SSSR count). The van der Waals surface area contributed by atoms with Gasteiger partial charge in [-0.15, -0.1) is 0 Å². The summed E-state index contributed by atoms with van der Waals surface area (Å²) in [5.74, 6) is -3.64. The normalized spacial score (nSPS) is 18.3. The van der Waals surface area contributed by atoms with E-state index in [1.807, 2.05) is 19.9 Å². The Morgan fingerprint density at radius 1 is 1.31 bits per heavy atom. The van der Waals surface area contributed by atoms with Gasteiger partial charge in [0.05, 0.1) is 29.8 Å². The number of aromatic nitrogens is 2. The number of nitrogens with zero attached hydrogens (tertiary/aromatic N) is 3. The van der Waals surface area contributed by atoms with Gasteiger partial charge in [-0.25, -0.2) is 18.6 Å². The van der Waals surface area contributed by atoms with Gasteiger partial charge in [-0.2, -0.15) is 0 Å². The second-order valence-corrected chi connectivity index (χ2v) is 8.31. The first kappa shape index (κ1) is 21.7. The Hall–Kier alpha value is -3.49. The molecule has 0 amide bonds. The third-order valence-electron chi connectivity index (χ3n) is 6.02. The fourth-order valence-electron chi connectivity index (χ4n) is 4.06. The van der Waals surface area contributed by atoms with E-state index >= 15 is 0 Å². The molecule has 32 heavy (non-hydrogen) atoms. The molecule has 1 fully saturated rings. The summed E-state index contributed by atoms with van der Waals surface area (Å²) >= 11 is 0. The fraction of sp³-hybridized carbons (Fsp3) is 0.348. The lowest BCUT2D eigenvalue weighted by atomic mass is 9.99. The van der Waals surface area contributed by atoms with Crippen molar-refractivity contribution in [1.29, 1.82) is 0 Å². The predicted octanol–water partition coefficient (Wildman–Crippen LogP) is 4.03. The lowest BCUT2D eigenvalue weighted by Crippen LogP contribution is -2.64. The maximum Gasteiger partial charge on any atom is 0.337 e. The molecule has 0 saturated carbocycles. The smallest absolute Gasteiger partial charge is 0.337 e. The van der Waals surface area contributed by atoms with Crippen LogP contribution in [0, 0.1) is 13.8 Å². The Balaban J connectivity index is 1.83. The van der Waals surface area contributed by atoms with Crippen LogP contribution in [-0.2, 0) is 0 Å². The number of anilines is 2. The van der Waals surface area contributed by atoms with Crippen molar-refractivity contribution in [3.05, 3.63) is 69.1 Å². The summed E-state index contributed by atoms with van der Waals surface area (Å²) in [5.41, 5.74) is 2.34. The van der Waals surface area contributed by atoms with Gasteiger partial charge in [0, 0.05) is 17.4 Å². The van der Waals surface area contributed by atoms with Crippen LogP contribution in [0.2, 0.25) is 0 Å². The van der Waals surface area contributed by atoms with E-state index in [0.29, 0.717) is 22.5 Å². The van der Waals surface area contributed by atoms with Crippen LogP contribution in [0.5, 0.6) is 0 Å². The van der Waals surface area contributed by atoms with Crippen LogP contribution in [0.3, 0.4) is 0 Å². The van der Waals surface area contributed by atoms with Gasteiger partial charge in [0.25, 0.3) is 11.5 Å². The molecule has 2 aromatic heterocycles. The van der Waals surface area contributed by atoms with E-state index in [-0.39, 0.29) is 16.9 Å². The van der Waals surface area contributed by atoms with Crippen LogP contribution < -0.4 is 15.8 Å². The second kappa shape index (κ2) is 7.58. The Kier molecular flexibility index (Phi) is 5.15. The first-order valence-corrected chi connectivity index (χ1v) is 10.3. The molecule has 3 aromatic rings. The molecule has 1 aliphatic heterocycles. The molecule has 0 spiro atoms. The topological polar surface area (TPSA) is 86.9 Å². The number of rotatable bonds is 5. The summed E-state index contributed by atoms with van der Waals surface area (Å²) in [6.07, 6.45) is 1.66. The van der Waals surface area contributed by atoms with E-state index in [1.165, 1.54) is 22.3 Å². The van der Waals surface area contributed by atoms with Gasteiger partial charge in [-0.1, -0.05) is 12.1 Å². The van der Waals surface area contributed by atoms with Gasteiger partial charge in [0.1, 0.15) is 11.5 Å². The number of carbonyl (C=O) groups is 1. The minimum atomic E-state index is -2.83. The third-order valence-corrected chi connectivity index (χ3v) is 6.02. The molecule has 0 bridgehead atoms. The Morgan fingerprint density at radius 2 is 2.00 bits per heavy atom. The van der Waals surface area contributed by atoms with Gasteiger partial charge in [0.15, 0.2) is 0 Å². The lowest BCUT2D eigenvalue weighted by molar-refractivity contribution is -0.0644. The number of aromatic carboxylic acids is 1. The van der Waals surface area contributed by atoms with Crippen molar-refractivity contribution in [2.24, 2.45) is 0 Å². The van der Waals surface area contributed by atoms with E-state index in [0.717, 1.165) is 5.56 Å². The molecular weight excluding hydrogens is 418 g/mol. The quantitative estimate of drug-likeness (QED) is 0.621. The number of nitrogens with one attached hydrogen (secondary N) is 1. The summed E-state index contributed by atoms with van der Waals surface area (Å²) in [7, 11) is 0. The number of benzene rings is 1. The minimum Gasteiger partial charge on any atom is -0.478 e. The SMILES string of the molecule is Cc1cc([C@@H](C)Nc2ccccc2C(=O)O)c2nc(N3CC(F)(F)[C@@H]3C)c(C)c(=O)n2c1. The van der Waals surface area contributed by atoms with E-state index < -0.39 is 30.5 Å². The van der Waals surface area contributed by atoms with Crippen LogP contribution in [0.15, 0.2) is 41.3 Å². The van der Waals surface area contributed by atoms with E-state index in [2.05, 4.69) is 10.3 Å². The maximum absolute atomic E-state index is 13.8. The van der Waals surface area contributed by atoms with Crippen LogP contribution in [0.4, 0.5) is 20.3 Å². The predicted molar refractivity (Wildman–Crippen MR) is 118 cm³/mol. The van der Waals surface area contributed by atoms with Crippen molar-refractivity contribution in [3.63, 3.8) is 0 Å². The van der Waals surface area contributed by atoms with E-state index in [1.54, 1.807) is 31.3 Å². The lowest BCUT2D eigenvalue weighted by Gasteiger charge is -2.47. The fourth-order valence-corrected chi connectivity index (χ4v) is 4.06. The van der Waals surface area contributed by atoms with Crippen molar-refractivity contribution in [2.45, 2.75) is 45.7 Å². The number of para-hydroxylation sites is 1. The number of aryl methyl sites for hydroxylation is 1. The van der Waals surface area contributed by atoms with Crippen molar-refractivity contribution in [2.75, 3.05) is 16.8 Å². The number of alkyl halides is 2. The average molecular weight is 442 g/mol. The first-order valence-electron chi connectivity index (χ1n) is 10.3. The molecule has 9 heteroatoms. The zero-order chi connectivity index (χ0) is 23.4. The number of halogens is 2. The molecule has 2 atom stereocenters. The number of carboxylic acid groups (broad SMARTS) is 1. The minimum absolute atomic E-state index is 0.120. The van der Waals surface area contributed by atoms with Gasteiger partial charge >= 0.3 is 5.97 Å². The Labute approximate surface area is 183 Å². The second-order valence-electron chi connectivity index (χ2n) is 8.31. The average Bonchev–Trinajstić information content (AvgIpc) is 2.74. The number of carboxylic acids is 1. The summed E-state index contributed by atoms with van der Waals surface area (Å²) in [5, 5.41) is 12.7. The molecule has 168 valence electrons. The molecule has 3 heterocycles. The molecule has 0 radical (unpaired) electrons. The van der Waals surface area contributed by atoms with Gasteiger partial charge in [0.2, 0.25) is 0 Å². The Bertz CT molecular complexity index is 1290. The largest absolute Gasteiger partial charge is 0.478 e. The summed E-state index contributed by atoms with van der Waals surface area (Å²) in [4.78, 5) is 30.7. The molecule has 1 aromatic carbocycles. The van der Waals surface area contributed by atoms with Crippen LogP contribution in [0.1, 0.15) is 46.9 Å². The Morgan fingerprint density at radius 3 is 2.62 bits per heavy atom. The van der Waals surface area contributed by atoms with Gasteiger partial charge in [-0.05, 0) is 51.5 Å². The van der Waals surface area contributed by atoms with Gasteiger partial charge < -0.3 is 15.3 Å². The molecule has 0 unspecified atom stereocenters. The third kappa shape index (κ3) is 3.47. The van der Waals surface area contributed by atoms with Crippen LogP contribution in [0.25, 0.3) is 5.65 Å². The summed E-state index contributed by atoms with van der Waals surface area (Å²) < 4.78 is 29.0. The highest BCUT2D eigenvalue weighted by molar-refractivity contribution is 5.94. The number of pyridine rings is 1. The highest BCUT2D eigenvalue weighted by atomic mass is 19.3. The van der Waals surface area contributed by atoms with Crippen molar-refractivity contribution in [1.82, 2.24) is 9.38 Å². The maximum atomic E-state index is 13.8. The zero-order valence-electron chi connectivity index (χ0n) is 18.2. The zero-order valence-corrected chi connectivity index (χ0v) is 18.2. The first-order chi connectivity index (χ1) is 15.0. The molecule has 7 nitrogen and oxygen atoms in total. The number of fused-ring (bicyclic) bond motifs is 1. The van der Waals surface area contributed by atoms with Gasteiger partial charge in [-0.3, -0.25) is 9.20 Å². The number of hydrogen-bond donors (Lipinski definition) is 2. The molecular formula is C23H24F2N4O3. The van der Waals surface area contributed by atoms with E-state index in [9.17, 15) is 23.5 Å². The molecule has 0 aliphatic carbocycles. The van der Waals surface area contributed by atoms with Crippen LogP contribution in [-0.4, -0.2) is 39.0 Å². The van der Waals surface area contributed by atoms with Crippen LogP contribution >= 0.6 is 0 Å².